The van der Waals surface area contributed by atoms with E-state index in [2.05, 4.69) is 43.6 Å². The van der Waals surface area contributed by atoms with Crippen molar-refractivity contribution in [1.29, 1.82) is 0 Å². The fraction of sp³-hybridized carbons (Fsp3) is 0.643. The highest BCUT2D eigenvalue weighted by molar-refractivity contribution is 5.21. The third kappa shape index (κ3) is 4.44. The van der Waals surface area contributed by atoms with Gasteiger partial charge in [-0.25, -0.2) is 0 Å². The molecule has 3 heteroatoms. The number of aryl methyl sites for hydroxylation is 1. The highest BCUT2D eigenvalue weighted by Crippen LogP contribution is 2.17. The summed E-state index contributed by atoms with van der Waals surface area (Å²) in [5, 5.41) is 0. The topological polar surface area (TPSA) is 42.2 Å². The number of nitrogens with zero attached hydrogens (tertiary/aromatic N) is 2. The summed E-state index contributed by atoms with van der Waals surface area (Å²) in [5.74, 6) is 0. The molecule has 0 saturated carbocycles. The summed E-state index contributed by atoms with van der Waals surface area (Å²) in [7, 11) is 0. The van der Waals surface area contributed by atoms with Crippen LogP contribution in [0.4, 0.5) is 0 Å². The van der Waals surface area contributed by atoms with E-state index in [4.69, 9.17) is 5.73 Å². The zero-order chi connectivity index (χ0) is 12.9. The summed E-state index contributed by atoms with van der Waals surface area (Å²) in [6.45, 7) is 12.5. The highest BCUT2D eigenvalue weighted by atomic mass is 15.1. The van der Waals surface area contributed by atoms with Crippen LogP contribution < -0.4 is 5.73 Å². The molecule has 0 aliphatic heterocycles. The standard InChI is InChI=1S/C14H25N3/c1-5-17(11-14(3,4)10-15)9-13-8-16-7-6-12(13)2/h6-8H,5,9-11,15H2,1-4H3. The lowest BCUT2D eigenvalue weighted by molar-refractivity contribution is 0.183. The number of aromatic nitrogens is 1. The van der Waals surface area contributed by atoms with Gasteiger partial charge in [0.15, 0.2) is 0 Å². The van der Waals surface area contributed by atoms with Crippen LogP contribution in [0.15, 0.2) is 18.5 Å². The Labute approximate surface area is 105 Å². The van der Waals surface area contributed by atoms with Crippen LogP contribution in [0.25, 0.3) is 0 Å². The lowest BCUT2D eigenvalue weighted by atomic mass is 9.93. The van der Waals surface area contributed by atoms with E-state index < -0.39 is 0 Å². The largest absolute Gasteiger partial charge is 0.330 e. The molecule has 0 unspecified atom stereocenters. The Bertz CT molecular complexity index is 347. The number of hydrogen-bond donors (Lipinski definition) is 1. The number of nitrogens with two attached hydrogens (primary N) is 1. The molecule has 96 valence electrons. The van der Waals surface area contributed by atoms with Crippen LogP contribution >= 0.6 is 0 Å². The average molecular weight is 235 g/mol. The highest BCUT2D eigenvalue weighted by Gasteiger charge is 2.19. The SMILES string of the molecule is CCN(Cc1cnccc1C)CC(C)(C)CN. The summed E-state index contributed by atoms with van der Waals surface area (Å²) in [4.78, 5) is 6.63. The molecule has 0 fully saturated rings. The van der Waals surface area contributed by atoms with Crippen molar-refractivity contribution in [3.63, 3.8) is 0 Å². The van der Waals surface area contributed by atoms with Crippen LogP contribution in [0.3, 0.4) is 0 Å². The smallest absolute Gasteiger partial charge is 0.0315 e. The molecule has 1 heterocycles. The van der Waals surface area contributed by atoms with Gasteiger partial charge in [0.25, 0.3) is 0 Å². The first-order chi connectivity index (χ1) is 7.98. The van der Waals surface area contributed by atoms with Crippen molar-refractivity contribution in [2.24, 2.45) is 11.1 Å². The number of pyridine rings is 1. The molecule has 0 atom stereocenters. The van der Waals surface area contributed by atoms with Gasteiger partial charge >= 0.3 is 0 Å². The molecule has 0 bridgehead atoms. The first-order valence-corrected chi connectivity index (χ1v) is 6.30. The summed E-state index contributed by atoms with van der Waals surface area (Å²) in [6, 6.07) is 2.07. The van der Waals surface area contributed by atoms with Crippen molar-refractivity contribution in [2.45, 2.75) is 34.2 Å². The Balaban J connectivity index is 2.68. The molecule has 0 saturated heterocycles. The fourth-order valence-electron chi connectivity index (χ4n) is 1.85. The van der Waals surface area contributed by atoms with Gasteiger partial charge in [0.1, 0.15) is 0 Å². The molecule has 0 aliphatic rings. The first kappa shape index (κ1) is 14.1. The zero-order valence-electron chi connectivity index (χ0n) is 11.5. The van der Waals surface area contributed by atoms with E-state index in [0.717, 1.165) is 26.2 Å². The van der Waals surface area contributed by atoms with Crippen LogP contribution in [0.5, 0.6) is 0 Å². The quantitative estimate of drug-likeness (QED) is 0.822. The Morgan fingerprint density at radius 2 is 2.12 bits per heavy atom. The van der Waals surface area contributed by atoms with E-state index in [1.165, 1.54) is 11.1 Å². The molecule has 0 radical (unpaired) electrons. The van der Waals surface area contributed by atoms with Crippen LogP contribution in [0, 0.1) is 12.3 Å². The lowest BCUT2D eigenvalue weighted by Crippen LogP contribution is -2.38. The van der Waals surface area contributed by atoms with E-state index in [-0.39, 0.29) is 5.41 Å². The van der Waals surface area contributed by atoms with Crippen molar-refractivity contribution in [1.82, 2.24) is 9.88 Å². The third-order valence-corrected chi connectivity index (χ3v) is 3.19. The zero-order valence-corrected chi connectivity index (χ0v) is 11.5. The predicted molar refractivity (Wildman–Crippen MR) is 72.8 cm³/mol. The number of rotatable bonds is 6. The molecule has 3 nitrogen and oxygen atoms in total. The second kappa shape index (κ2) is 6.12. The Hall–Kier alpha value is -0.930. The van der Waals surface area contributed by atoms with Crippen molar-refractivity contribution in [3.05, 3.63) is 29.6 Å². The van der Waals surface area contributed by atoms with Crippen molar-refractivity contribution < 1.29 is 0 Å². The minimum absolute atomic E-state index is 0.173. The normalized spacial score (nSPS) is 12.1. The molecule has 0 aromatic carbocycles. The molecular weight excluding hydrogens is 210 g/mol. The molecule has 0 amide bonds. The van der Waals surface area contributed by atoms with Gasteiger partial charge < -0.3 is 5.73 Å². The van der Waals surface area contributed by atoms with Gasteiger partial charge in [-0.05, 0) is 42.6 Å². The van der Waals surface area contributed by atoms with E-state index in [9.17, 15) is 0 Å². The van der Waals surface area contributed by atoms with Crippen LogP contribution in [0.1, 0.15) is 31.9 Å². The van der Waals surface area contributed by atoms with Gasteiger partial charge in [-0.15, -0.1) is 0 Å². The van der Waals surface area contributed by atoms with E-state index >= 15 is 0 Å². The second-order valence-electron chi connectivity index (χ2n) is 5.47. The molecular formula is C14H25N3. The fourth-order valence-corrected chi connectivity index (χ4v) is 1.85. The molecule has 1 aromatic rings. The second-order valence-corrected chi connectivity index (χ2v) is 5.47. The average Bonchev–Trinajstić information content (AvgIpc) is 2.31. The molecule has 1 aromatic heterocycles. The third-order valence-electron chi connectivity index (χ3n) is 3.19. The Morgan fingerprint density at radius 1 is 1.41 bits per heavy atom. The van der Waals surface area contributed by atoms with Gasteiger partial charge in [-0.3, -0.25) is 9.88 Å². The lowest BCUT2D eigenvalue weighted by Gasteiger charge is -2.31. The first-order valence-electron chi connectivity index (χ1n) is 6.30. The summed E-state index contributed by atoms with van der Waals surface area (Å²) >= 11 is 0. The van der Waals surface area contributed by atoms with Crippen molar-refractivity contribution in [2.75, 3.05) is 19.6 Å². The van der Waals surface area contributed by atoms with Crippen LogP contribution in [-0.2, 0) is 6.54 Å². The molecule has 1 rings (SSSR count). The minimum atomic E-state index is 0.173. The number of hydrogen-bond acceptors (Lipinski definition) is 3. The minimum Gasteiger partial charge on any atom is -0.330 e. The Morgan fingerprint density at radius 3 is 2.65 bits per heavy atom. The molecule has 0 spiro atoms. The predicted octanol–water partition coefficient (Wildman–Crippen LogP) is 2.20. The maximum Gasteiger partial charge on any atom is 0.0315 e. The maximum atomic E-state index is 5.79. The van der Waals surface area contributed by atoms with Crippen LogP contribution in [-0.4, -0.2) is 29.5 Å². The molecule has 17 heavy (non-hydrogen) atoms. The van der Waals surface area contributed by atoms with E-state index in [0.29, 0.717) is 0 Å². The van der Waals surface area contributed by atoms with E-state index in [1.807, 2.05) is 12.4 Å². The van der Waals surface area contributed by atoms with Crippen molar-refractivity contribution >= 4 is 0 Å². The summed E-state index contributed by atoms with van der Waals surface area (Å²) in [5.41, 5.74) is 8.58. The maximum absolute atomic E-state index is 5.79. The summed E-state index contributed by atoms with van der Waals surface area (Å²) < 4.78 is 0. The van der Waals surface area contributed by atoms with Gasteiger partial charge in [0.2, 0.25) is 0 Å². The molecule has 2 N–H and O–H groups in total. The van der Waals surface area contributed by atoms with Gasteiger partial charge in [0, 0.05) is 25.5 Å². The van der Waals surface area contributed by atoms with Crippen molar-refractivity contribution in [3.8, 4) is 0 Å². The Kier molecular flexibility index (Phi) is 5.09. The van der Waals surface area contributed by atoms with Gasteiger partial charge in [-0.1, -0.05) is 20.8 Å². The van der Waals surface area contributed by atoms with Crippen LogP contribution in [0.2, 0.25) is 0 Å². The molecule has 0 aliphatic carbocycles. The van der Waals surface area contributed by atoms with E-state index in [1.54, 1.807) is 0 Å². The van der Waals surface area contributed by atoms with Gasteiger partial charge in [0.05, 0.1) is 0 Å². The summed E-state index contributed by atoms with van der Waals surface area (Å²) in [6.07, 6.45) is 3.81. The monoisotopic (exact) mass is 235 g/mol. The van der Waals surface area contributed by atoms with Gasteiger partial charge in [-0.2, -0.15) is 0 Å².